The molecule has 0 N–H and O–H groups in total. The van der Waals surface area contributed by atoms with Gasteiger partial charge in [-0.15, -0.1) is 0 Å². The molecule has 0 bridgehead atoms. The second-order valence-corrected chi connectivity index (χ2v) is 16.5. The number of nitrogens with zero attached hydrogens (tertiary/aromatic N) is 2. The normalized spacial score (nSPS) is 17.1. The standard InChI is InChI=1S/C18H27N2P.C16H32O8.2BF4/c1-4-21(5-2,6-3)16-15-20-13-9-18(10-14-20)17-7-11-19-12-8-17;1-2-18-5-6-20-9-10-22-13-14-24-16-15-23-12-11-21-8-7-19-4-3-17-1;2*2-1(3,4)5/h7-14H,4-6,15-16H2,1-3H3;1-16H2;;/q+2;;2*-1. The highest BCUT2D eigenvalue weighted by molar-refractivity contribution is 7.75. The van der Waals surface area contributed by atoms with Gasteiger partial charge in [0.25, 0.3) is 0 Å². The minimum Gasteiger partial charge on any atom is -0.418 e. The summed E-state index contributed by atoms with van der Waals surface area (Å²) >= 11 is 0. The highest BCUT2D eigenvalue weighted by Gasteiger charge is 2.32. The molecular weight excluding hydrogens is 769 g/mol. The molecule has 0 aromatic carbocycles. The molecule has 1 saturated heterocycles. The number of hydrogen-bond donors (Lipinski definition) is 0. The third-order valence-electron chi connectivity index (χ3n) is 7.73. The van der Waals surface area contributed by atoms with E-state index in [1.54, 1.807) is 0 Å². The molecule has 1 fully saturated rings. The van der Waals surface area contributed by atoms with Gasteiger partial charge in [-0.3, -0.25) is 4.98 Å². The lowest BCUT2D eigenvalue weighted by Gasteiger charge is -2.21. The molecule has 320 valence electrons. The molecule has 2 aromatic rings. The van der Waals surface area contributed by atoms with E-state index in [9.17, 15) is 34.5 Å². The first kappa shape index (κ1) is 53.0. The maximum Gasteiger partial charge on any atom is 0.673 e. The van der Waals surface area contributed by atoms with Gasteiger partial charge >= 0.3 is 14.5 Å². The summed E-state index contributed by atoms with van der Waals surface area (Å²) in [6.07, 6.45) is 13.6. The summed E-state index contributed by atoms with van der Waals surface area (Å²) in [5.74, 6) is 0. The summed E-state index contributed by atoms with van der Waals surface area (Å²) in [7, 11) is -12.7. The van der Waals surface area contributed by atoms with Crippen LogP contribution in [0.5, 0.6) is 0 Å². The molecular formula is C34H59B2F8N2O8P. The van der Waals surface area contributed by atoms with Crippen LogP contribution >= 0.6 is 7.26 Å². The minimum atomic E-state index is -6.00. The molecule has 21 heteroatoms. The molecule has 0 radical (unpaired) electrons. The van der Waals surface area contributed by atoms with E-state index in [0.29, 0.717) is 106 Å². The molecule has 3 rings (SSSR count). The lowest BCUT2D eigenvalue weighted by atomic mass is 10.1. The number of hydrogen-bond acceptors (Lipinski definition) is 9. The zero-order chi connectivity index (χ0) is 41.1. The highest BCUT2D eigenvalue weighted by atomic mass is 31.2. The predicted octanol–water partition coefficient (Wildman–Crippen LogP) is 6.85. The lowest BCUT2D eigenvalue weighted by molar-refractivity contribution is -0.692. The summed E-state index contributed by atoms with van der Waals surface area (Å²) in [5.41, 5.74) is 2.49. The zero-order valence-corrected chi connectivity index (χ0v) is 33.1. The van der Waals surface area contributed by atoms with Crippen molar-refractivity contribution in [3.63, 3.8) is 0 Å². The average molecular weight is 828 g/mol. The van der Waals surface area contributed by atoms with Gasteiger partial charge < -0.3 is 72.4 Å². The summed E-state index contributed by atoms with van der Waals surface area (Å²) in [4.78, 5) is 4.07. The first-order valence-electron chi connectivity index (χ1n) is 18.3. The Bertz CT molecular complexity index is 993. The molecule has 3 heterocycles. The van der Waals surface area contributed by atoms with Crippen LogP contribution in [0.15, 0.2) is 49.1 Å². The van der Waals surface area contributed by atoms with Gasteiger partial charge in [0.1, 0.15) is 6.16 Å². The fourth-order valence-corrected chi connectivity index (χ4v) is 7.52. The Morgan fingerprint density at radius 1 is 0.473 bits per heavy atom. The Hall–Kier alpha value is -2.02. The molecule has 0 saturated carbocycles. The summed E-state index contributed by atoms with van der Waals surface area (Å²) in [6.45, 7) is 17.2. The Labute approximate surface area is 321 Å². The van der Waals surface area contributed by atoms with Gasteiger partial charge in [-0.1, -0.05) is 0 Å². The molecule has 0 atom stereocenters. The van der Waals surface area contributed by atoms with Crippen LogP contribution in [-0.4, -0.2) is 150 Å². The number of rotatable bonds is 7. The second kappa shape index (κ2) is 34.1. The average Bonchev–Trinajstić information content (AvgIpc) is 3.14. The topological polar surface area (TPSA) is 90.6 Å². The van der Waals surface area contributed by atoms with E-state index in [2.05, 4.69) is 67.0 Å². The van der Waals surface area contributed by atoms with Crippen molar-refractivity contribution in [2.24, 2.45) is 0 Å². The summed E-state index contributed by atoms with van der Waals surface area (Å²) in [5, 5.41) is 0. The van der Waals surface area contributed by atoms with E-state index in [1.807, 2.05) is 12.4 Å². The molecule has 1 aliphatic rings. The number of aromatic nitrogens is 2. The van der Waals surface area contributed by atoms with Crippen molar-refractivity contribution < 1.29 is 77.0 Å². The molecule has 0 unspecified atom stereocenters. The zero-order valence-electron chi connectivity index (χ0n) is 32.3. The van der Waals surface area contributed by atoms with Crippen molar-refractivity contribution in [1.29, 1.82) is 0 Å². The summed E-state index contributed by atoms with van der Waals surface area (Å²) in [6, 6.07) is 8.53. The van der Waals surface area contributed by atoms with E-state index in [1.165, 1.54) is 35.8 Å². The van der Waals surface area contributed by atoms with E-state index in [0.717, 1.165) is 6.54 Å². The molecule has 55 heavy (non-hydrogen) atoms. The van der Waals surface area contributed by atoms with Crippen LogP contribution in [0.1, 0.15) is 20.8 Å². The highest BCUT2D eigenvalue weighted by Crippen LogP contribution is 2.57. The molecule has 0 amide bonds. The van der Waals surface area contributed by atoms with Gasteiger partial charge in [0.15, 0.2) is 18.9 Å². The van der Waals surface area contributed by atoms with E-state index in [4.69, 9.17) is 37.9 Å². The molecule has 0 aliphatic carbocycles. The maximum atomic E-state index is 9.75. The van der Waals surface area contributed by atoms with Gasteiger partial charge in [-0.05, 0) is 44.0 Å². The van der Waals surface area contributed by atoms with Crippen LogP contribution in [0.25, 0.3) is 11.1 Å². The first-order chi connectivity index (χ1) is 26.2. The van der Waals surface area contributed by atoms with E-state index >= 15 is 0 Å². The monoisotopic (exact) mass is 828 g/mol. The van der Waals surface area contributed by atoms with Gasteiger partial charge in [-0.2, -0.15) is 0 Å². The van der Waals surface area contributed by atoms with E-state index < -0.39 is 21.8 Å². The first-order valence-corrected chi connectivity index (χ1v) is 20.9. The molecule has 0 spiro atoms. The Kier molecular flexibility index (Phi) is 32.8. The number of pyridine rings is 2. The maximum absolute atomic E-state index is 9.75. The van der Waals surface area contributed by atoms with Crippen LogP contribution < -0.4 is 4.57 Å². The van der Waals surface area contributed by atoms with Crippen molar-refractivity contribution in [1.82, 2.24) is 4.98 Å². The smallest absolute Gasteiger partial charge is 0.418 e. The van der Waals surface area contributed by atoms with Crippen molar-refractivity contribution >= 4 is 21.8 Å². The Morgan fingerprint density at radius 2 is 0.709 bits per heavy atom. The van der Waals surface area contributed by atoms with Crippen LogP contribution in [0.4, 0.5) is 34.5 Å². The molecule has 2 aromatic heterocycles. The van der Waals surface area contributed by atoms with Gasteiger partial charge in [0, 0.05) is 31.8 Å². The largest absolute Gasteiger partial charge is 0.673 e. The van der Waals surface area contributed by atoms with Crippen LogP contribution in [0, 0.1) is 0 Å². The SMILES string of the molecule is C1COCCOCCOCCOCCOCCOCCOCCO1.CC[P+](CC)(CC)CC[n+]1ccc(-c2ccncc2)cc1.F[B-](F)(F)F.F[B-](F)(F)F. The molecule has 1 aliphatic heterocycles. The van der Waals surface area contributed by atoms with Gasteiger partial charge in [0.05, 0.1) is 124 Å². The second-order valence-electron chi connectivity index (χ2n) is 11.5. The number of aryl methyl sites for hydroxylation is 1. The fraction of sp³-hybridized carbons (Fsp3) is 0.706. The number of ether oxygens (including phenoxy) is 8. The summed E-state index contributed by atoms with van der Waals surface area (Å²) < 4.78 is 123. The fourth-order valence-electron chi connectivity index (χ4n) is 4.58. The van der Waals surface area contributed by atoms with Crippen molar-refractivity contribution in [3.8, 4) is 11.1 Å². The minimum absolute atomic E-state index is 0.556. The number of halogens is 8. The van der Waals surface area contributed by atoms with Crippen LogP contribution in [0.3, 0.4) is 0 Å². The van der Waals surface area contributed by atoms with Crippen molar-refractivity contribution in [3.05, 3.63) is 49.1 Å². The predicted molar refractivity (Wildman–Crippen MR) is 200 cm³/mol. The quantitative estimate of drug-likeness (QED) is 0.129. The van der Waals surface area contributed by atoms with Gasteiger partial charge in [-0.25, -0.2) is 4.57 Å². The Morgan fingerprint density at radius 3 is 0.945 bits per heavy atom. The van der Waals surface area contributed by atoms with Gasteiger partial charge in [0.2, 0.25) is 0 Å². The molecule has 10 nitrogen and oxygen atoms in total. The van der Waals surface area contributed by atoms with Crippen LogP contribution in [0.2, 0.25) is 0 Å². The third kappa shape index (κ3) is 37.3. The van der Waals surface area contributed by atoms with Crippen molar-refractivity contribution in [2.75, 3.05) is 130 Å². The van der Waals surface area contributed by atoms with Crippen molar-refractivity contribution in [2.45, 2.75) is 27.3 Å². The van der Waals surface area contributed by atoms with E-state index in [-0.39, 0.29) is 0 Å². The Balaban J connectivity index is 0.000000854. The van der Waals surface area contributed by atoms with Crippen LogP contribution in [-0.2, 0) is 44.4 Å². The third-order valence-corrected chi connectivity index (χ3v) is 12.9. The lowest BCUT2D eigenvalue weighted by Crippen LogP contribution is -2.35.